The highest BCUT2D eigenvalue weighted by atomic mass is 31.2. The van der Waals surface area contributed by atoms with Crippen LogP contribution in [0.15, 0.2) is 24.3 Å². The van der Waals surface area contributed by atoms with Crippen LogP contribution in [0.2, 0.25) is 0 Å². The van der Waals surface area contributed by atoms with E-state index >= 15 is 0 Å². The summed E-state index contributed by atoms with van der Waals surface area (Å²) in [5, 5.41) is 18.2. The van der Waals surface area contributed by atoms with Gasteiger partial charge in [0.2, 0.25) is 0 Å². The van der Waals surface area contributed by atoms with E-state index in [1.54, 1.807) is 0 Å². The molecule has 10 heteroatoms. The van der Waals surface area contributed by atoms with Crippen LogP contribution in [0.3, 0.4) is 0 Å². The number of esters is 1. The monoisotopic (exact) mass is 648 g/mol. The maximum atomic E-state index is 12.4. The van der Waals surface area contributed by atoms with E-state index in [0.29, 0.717) is 6.61 Å². The van der Waals surface area contributed by atoms with Crippen molar-refractivity contribution in [1.82, 2.24) is 0 Å². The number of aliphatic hydroxyl groups is 2. The molecule has 260 valence electrons. The molecule has 0 aromatic carbocycles. The first-order chi connectivity index (χ1) is 21.3. The molecule has 0 aliphatic carbocycles. The van der Waals surface area contributed by atoms with Gasteiger partial charge in [-0.05, 0) is 44.9 Å². The number of unbranched alkanes of at least 4 members (excludes halogenated alkanes) is 15. The van der Waals surface area contributed by atoms with Gasteiger partial charge in [0.15, 0.2) is 0 Å². The lowest BCUT2D eigenvalue weighted by atomic mass is 10.1. The number of aliphatic hydroxyl groups excluding tert-OH is 2. The van der Waals surface area contributed by atoms with Gasteiger partial charge in [-0.2, -0.15) is 0 Å². The van der Waals surface area contributed by atoms with E-state index in [0.717, 1.165) is 51.4 Å². The lowest BCUT2D eigenvalue weighted by Crippen LogP contribution is -2.29. The van der Waals surface area contributed by atoms with Crippen LogP contribution in [0.5, 0.6) is 0 Å². The van der Waals surface area contributed by atoms with Gasteiger partial charge < -0.3 is 24.6 Å². The summed E-state index contributed by atoms with van der Waals surface area (Å²) in [6.45, 7) is 3.40. The Morgan fingerprint density at radius 2 is 1.23 bits per heavy atom. The van der Waals surface area contributed by atoms with Gasteiger partial charge in [-0.3, -0.25) is 13.8 Å². The molecule has 0 saturated heterocycles. The normalized spacial score (nSPS) is 14.8. The minimum Gasteiger partial charge on any atom is -0.457 e. The predicted molar refractivity (Wildman–Crippen MR) is 177 cm³/mol. The molecule has 0 aromatic rings. The summed E-state index contributed by atoms with van der Waals surface area (Å²) in [5.74, 6) is -0.395. The van der Waals surface area contributed by atoms with Crippen LogP contribution in [-0.4, -0.2) is 66.3 Å². The molecule has 0 aliphatic rings. The van der Waals surface area contributed by atoms with Crippen molar-refractivity contribution in [2.75, 3.05) is 33.0 Å². The molecule has 0 fully saturated rings. The van der Waals surface area contributed by atoms with Crippen LogP contribution in [0.25, 0.3) is 0 Å². The minimum absolute atomic E-state index is 0.0439. The largest absolute Gasteiger partial charge is 0.472 e. The molecule has 0 aromatic heterocycles. The standard InChI is InChI=1S/C34H65O9P/c1-3-5-7-9-11-12-13-14-15-16-17-18-19-21-23-25-27-40-30-33(31-42-44(38,39)41-29-32(36)28-35)43-34(37)26-24-22-20-10-8-6-4-2/h11-12,14-15,32-33,35-36H,3-10,13,16-31H2,1-2H3,(H,38,39)/b12-11-,15-14-. The van der Waals surface area contributed by atoms with Crippen LogP contribution in [0, 0.1) is 0 Å². The molecule has 3 atom stereocenters. The maximum Gasteiger partial charge on any atom is 0.472 e. The second kappa shape index (κ2) is 31.9. The number of rotatable bonds is 33. The Balaban J connectivity index is 4.20. The van der Waals surface area contributed by atoms with Crippen LogP contribution in [0.4, 0.5) is 0 Å². The molecule has 9 nitrogen and oxygen atoms in total. The third-order valence-electron chi connectivity index (χ3n) is 7.14. The summed E-state index contributed by atoms with van der Waals surface area (Å²) >= 11 is 0. The average Bonchev–Trinajstić information content (AvgIpc) is 3.01. The third-order valence-corrected chi connectivity index (χ3v) is 8.09. The number of hydrogen-bond donors (Lipinski definition) is 3. The van der Waals surface area contributed by atoms with Crippen LogP contribution >= 0.6 is 7.82 Å². The summed E-state index contributed by atoms with van der Waals surface area (Å²) in [5.41, 5.74) is 0. The van der Waals surface area contributed by atoms with Crippen molar-refractivity contribution in [3.05, 3.63) is 24.3 Å². The fourth-order valence-electron chi connectivity index (χ4n) is 4.44. The molecule has 0 amide bonds. The van der Waals surface area contributed by atoms with Gasteiger partial charge in [0.1, 0.15) is 12.2 Å². The smallest absolute Gasteiger partial charge is 0.457 e. The zero-order valence-electron chi connectivity index (χ0n) is 27.9. The Bertz CT molecular complexity index is 744. The van der Waals surface area contributed by atoms with Crippen molar-refractivity contribution in [3.8, 4) is 0 Å². The van der Waals surface area contributed by atoms with Gasteiger partial charge in [-0.25, -0.2) is 4.57 Å². The number of phosphoric acid groups is 1. The van der Waals surface area contributed by atoms with Crippen molar-refractivity contribution in [3.63, 3.8) is 0 Å². The highest BCUT2D eigenvalue weighted by molar-refractivity contribution is 7.47. The zero-order chi connectivity index (χ0) is 32.6. The van der Waals surface area contributed by atoms with Crippen molar-refractivity contribution in [2.45, 2.75) is 154 Å². The topological polar surface area (TPSA) is 132 Å². The highest BCUT2D eigenvalue weighted by Gasteiger charge is 2.26. The molecule has 0 bridgehead atoms. The molecule has 44 heavy (non-hydrogen) atoms. The summed E-state index contributed by atoms with van der Waals surface area (Å²) in [4.78, 5) is 22.3. The fourth-order valence-corrected chi connectivity index (χ4v) is 5.23. The first-order valence-electron chi connectivity index (χ1n) is 17.3. The van der Waals surface area contributed by atoms with Gasteiger partial charge in [-0.15, -0.1) is 0 Å². The predicted octanol–water partition coefficient (Wildman–Crippen LogP) is 8.36. The van der Waals surface area contributed by atoms with Gasteiger partial charge in [0, 0.05) is 13.0 Å². The van der Waals surface area contributed by atoms with Crippen molar-refractivity contribution >= 4 is 13.8 Å². The maximum absolute atomic E-state index is 12.4. The lowest BCUT2D eigenvalue weighted by Gasteiger charge is -2.20. The van der Waals surface area contributed by atoms with Crippen LogP contribution < -0.4 is 0 Å². The van der Waals surface area contributed by atoms with E-state index in [1.807, 2.05) is 0 Å². The number of carbonyl (C=O) groups excluding carboxylic acids is 1. The van der Waals surface area contributed by atoms with Gasteiger partial charge >= 0.3 is 13.8 Å². The van der Waals surface area contributed by atoms with E-state index in [4.69, 9.17) is 23.6 Å². The number of hydrogen-bond acceptors (Lipinski definition) is 8. The molecule has 0 saturated carbocycles. The number of phosphoric ester groups is 1. The van der Waals surface area contributed by atoms with E-state index in [1.165, 1.54) is 70.6 Å². The van der Waals surface area contributed by atoms with Gasteiger partial charge in [0.25, 0.3) is 0 Å². The first-order valence-corrected chi connectivity index (χ1v) is 18.8. The van der Waals surface area contributed by atoms with E-state index in [9.17, 15) is 19.4 Å². The van der Waals surface area contributed by atoms with Crippen LogP contribution in [0.1, 0.15) is 142 Å². The average molecular weight is 649 g/mol. The number of ether oxygens (including phenoxy) is 2. The Labute approximate surface area is 268 Å². The quantitative estimate of drug-likeness (QED) is 0.0278. The molecular weight excluding hydrogens is 583 g/mol. The summed E-state index contributed by atoms with van der Waals surface area (Å²) in [6.07, 6.45) is 28.7. The van der Waals surface area contributed by atoms with E-state index in [2.05, 4.69) is 38.2 Å². The molecule has 3 unspecified atom stereocenters. The minimum atomic E-state index is -4.50. The highest BCUT2D eigenvalue weighted by Crippen LogP contribution is 2.43. The van der Waals surface area contributed by atoms with Crippen molar-refractivity contribution < 1.29 is 43.0 Å². The van der Waals surface area contributed by atoms with Crippen molar-refractivity contribution in [2.24, 2.45) is 0 Å². The van der Waals surface area contributed by atoms with Crippen molar-refractivity contribution in [1.29, 1.82) is 0 Å². The molecule has 0 radical (unpaired) electrons. The first kappa shape index (κ1) is 42.9. The molecule has 0 aliphatic heterocycles. The second-order valence-corrected chi connectivity index (χ2v) is 13.0. The van der Waals surface area contributed by atoms with Crippen LogP contribution in [-0.2, 0) is 27.9 Å². The van der Waals surface area contributed by atoms with E-state index in [-0.39, 0.29) is 19.6 Å². The Morgan fingerprint density at radius 3 is 1.86 bits per heavy atom. The summed E-state index contributed by atoms with van der Waals surface area (Å²) in [7, 11) is -4.50. The SMILES string of the molecule is CCCCC/C=C\C/C=C\CCCCCCCCOCC(COP(=O)(O)OCC(O)CO)OC(=O)CCCCCCCCC. The lowest BCUT2D eigenvalue weighted by molar-refractivity contribution is -0.154. The molecular formula is C34H65O9P. The zero-order valence-corrected chi connectivity index (χ0v) is 28.8. The van der Waals surface area contributed by atoms with E-state index < -0.39 is 39.2 Å². The van der Waals surface area contributed by atoms with Gasteiger partial charge in [-0.1, -0.05) is 115 Å². The Morgan fingerprint density at radius 1 is 0.705 bits per heavy atom. The number of allylic oxidation sites excluding steroid dienone is 4. The second-order valence-electron chi connectivity index (χ2n) is 11.5. The number of carbonyl (C=O) groups is 1. The molecule has 0 rings (SSSR count). The van der Waals surface area contributed by atoms with Gasteiger partial charge in [0.05, 0.1) is 26.4 Å². The summed E-state index contributed by atoms with van der Waals surface area (Å²) in [6, 6.07) is 0. The third kappa shape index (κ3) is 30.9. The summed E-state index contributed by atoms with van der Waals surface area (Å²) < 4.78 is 33.0. The molecule has 0 spiro atoms. The Kier molecular flexibility index (Phi) is 31.1. The molecule has 0 heterocycles. The Hall–Kier alpha value is -1.06. The molecule has 3 N–H and O–H groups in total. The fraction of sp³-hybridized carbons (Fsp3) is 0.853.